The number of ether oxygens (including phenoxy) is 1. The molecule has 0 atom stereocenters. The van der Waals surface area contributed by atoms with Crippen LogP contribution >= 0.6 is 27.5 Å². The largest absolute Gasteiger partial charge is 0.462 e. The average molecular weight is 490 g/mol. The lowest BCUT2D eigenvalue weighted by Crippen LogP contribution is -2.19. The van der Waals surface area contributed by atoms with Crippen molar-refractivity contribution in [3.8, 4) is 11.3 Å². The summed E-state index contributed by atoms with van der Waals surface area (Å²) in [6.45, 7) is 1.99. The zero-order valence-electron chi connectivity index (χ0n) is 16.0. The number of carbonyl (C=O) groups is 2. The van der Waals surface area contributed by atoms with E-state index in [2.05, 4.69) is 26.5 Å². The first-order valence-electron chi connectivity index (χ1n) is 9.09. The van der Waals surface area contributed by atoms with E-state index in [-0.39, 0.29) is 24.5 Å². The lowest BCUT2D eigenvalue weighted by molar-refractivity contribution is -0.120. The van der Waals surface area contributed by atoms with E-state index in [1.165, 1.54) is 6.21 Å². The van der Waals surface area contributed by atoms with Crippen LogP contribution in [-0.2, 0) is 16.0 Å². The van der Waals surface area contributed by atoms with Crippen molar-refractivity contribution in [3.05, 3.63) is 81.0 Å². The molecule has 0 saturated heterocycles. The third-order valence-corrected chi connectivity index (χ3v) is 4.89. The maximum atomic E-state index is 12.0. The Balaban J connectivity index is 1.63. The first-order valence-corrected chi connectivity index (χ1v) is 10.3. The Kier molecular flexibility index (Phi) is 7.43. The zero-order chi connectivity index (χ0) is 21.5. The first kappa shape index (κ1) is 21.8. The minimum Gasteiger partial charge on any atom is -0.462 e. The van der Waals surface area contributed by atoms with Gasteiger partial charge in [-0.1, -0.05) is 39.7 Å². The second-order valence-corrected chi connectivity index (χ2v) is 7.54. The lowest BCUT2D eigenvalue weighted by atomic mass is 10.1. The number of benzene rings is 2. The van der Waals surface area contributed by atoms with Crippen molar-refractivity contribution in [1.29, 1.82) is 0 Å². The molecular formula is C22H18BrClN2O4. The van der Waals surface area contributed by atoms with E-state index in [0.29, 0.717) is 22.1 Å². The lowest BCUT2D eigenvalue weighted by Gasteiger charge is -2.05. The molecule has 1 heterocycles. The number of amides is 1. The van der Waals surface area contributed by atoms with Crippen LogP contribution in [0.1, 0.15) is 28.6 Å². The van der Waals surface area contributed by atoms with Gasteiger partial charge in [0.2, 0.25) is 5.91 Å². The molecule has 0 aliphatic rings. The number of esters is 1. The van der Waals surface area contributed by atoms with E-state index in [9.17, 15) is 9.59 Å². The Morgan fingerprint density at radius 3 is 2.67 bits per heavy atom. The topological polar surface area (TPSA) is 80.9 Å². The summed E-state index contributed by atoms with van der Waals surface area (Å²) in [4.78, 5) is 24.0. The van der Waals surface area contributed by atoms with Crippen LogP contribution in [0.25, 0.3) is 11.3 Å². The number of halogens is 2. The number of furan rings is 1. The number of rotatable bonds is 7. The maximum Gasteiger partial charge on any atom is 0.339 e. The molecule has 0 fully saturated rings. The molecule has 0 saturated carbocycles. The first-order chi connectivity index (χ1) is 14.5. The molecule has 154 valence electrons. The smallest absolute Gasteiger partial charge is 0.339 e. The van der Waals surface area contributed by atoms with Crippen molar-refractivity contribution in [3.63, 3.8) is 0 Å². The highest BCUT2D eigenvalue weighted by Gasteiger charge is 2.14. The highest BCUT2D eigenvalue weighted by Crippen LogP contribution is 2.27. The van der Waals surface area contributed by atoms with Gasteiger partial charge in [0.1, 0.15) is 11.5 Å². The highest BCUT2D eigenvalue weighted by atomic mass is 79.9. The number of hydrogen-bond donors (Lipinski definition) is 1. The molecule has 6 nitrogen and oxygen atoms in total. The van der Waals surface area contributed by atoms with Crippen molar-refractivity contribution < 1.29 is 18.7 Å². The van der Waals surface area contributed by atoms with Crippen LogP contribution in [0, 0.1) is 0 Å². The molecule has 1 aromatic heterocycles. The third kappa shape index (κ3) is 5.81. The van der Waals surface area contributed by atoms with Crippen molar-refractivity contribution in [1.82, 2.24) is 5.43 Å². The van der Waals surface area contributed by atoms with Crippen molar-refractivity contribution in [2.75, 3.05) is 6.61 Å². The fraction of sp³-hybridized carbons (Fsp3) is 0.136. The molecule has 3 aromatic rings. The van der Waals surface area contributed by atoms with E-state index >= 15 is 0 Å². The van der Waals surface area contributed by atoms with Gasteiger partial charge in [0.25, 0.3) is 0 Å². The fourth-order valence-corrected chi connectivity index (χ4v) is 3.08. The molecule has 0 aliphatic heterocycles. The summed E-state index contributed by atoms with van der Waals surface area (Å²) in [7, 11) is 0. The highest BCUT2D eigenvalue weighted by molar-refractivity contribution is 9.10. The Morgan fingerprint density at radius 2 is 1.93 bits per heavy atom. The van der Waals surface area contributed by atoms with Crippen molar-refractivity contribution in [2.45, 2.75) is 13.3 Å². The van der Waals surface area contributed by atoms with E-state index in [1.54, 1.807) is 37.3 Å². The van der Waals surface area contributed by atoms with Gasteiger partial charge in [-0.2, -0.15) is 5.10 Å². The van der Waals surface area contributed by atoms with Crippen LogP contribution in [-0.4, -0.2) is 24.7 Å². The van der Waals surface area contributed by atoms with Gasteiger partial charge >= 0.3 is 5.97 Å². The second kappa shape index (κ2) is 10.2. The van der Waals surface area contributed by atoms with E-state index in [0.717, 1.165) is 10.0 Å². The fourth-order valence-electron chi connectivity index (χ4n) is 2.62. The molecule has 30 heavy (non-hydrogen) atoms. The second-order valence-electron chi connectivity index (χ2n) is 6.21. The molecule has 8 heteroatoms. The van der Waals surface area contributed by atoms with E-state index < -0.39 is 5.97 Å². The number of nitrogens with one attached hydrogen (secondary N) is 1. The van der Waals surface area contributed by atoms with Crippen LogP contribution in [0.15, 0.2) is 68.6 Å². The van der Waals surface area contributed by atoms with Crippen molar-refractivity contribution >= 4 is 45.6 Å². The Morgan fingerprint density at radius 1 is 1.17 bits per heavy atom. The van der Waals surface area contributed by atoms with Gasteiger partial charge < -0.3 is 9.15 Å². The van der Waals surface area contributed by atoms with Gasteiger partial charge in [-0.3, -0.25) is 4.79 Å². The minimum atomic E-state index is -0.494. The molecule has 1 N–H and O–H groups in total. The number of carbonyl (C=O) groups excluding carboxylic acids is 2. The van der Waals surface area contributed by atoms with Crippen LogP contribution < -0.4 is 5.43 Å². The van der Waals surface area contributed by atoms with Crippen LogP contribution in [0.2, 0.25) is 5.02 Å². The van der Waals surface area contributed by atoms with E-state index in [4.69, 9.17) is 20.8 Å². The molecule has 0 radical (unpaired) electrons. The van der Waals surface area contributed by atoms with Gasteiger partial charge in [0, 0.05) is 10.0 Å². The van der Waals surface area contributed by atoms with Gasteiger partial charge in [-0.05, 0) is 55.0 Å². The Labute approximate surface area is 187 Å². The zero-order valence-corrected chi connectivity index (χ0v) is 18.4. The molecule has 3 rings (SSSR count). The Hall–Kier alpha value is -2.90. The maximum absolute atomic E-state index is 12.0. The number of hydrogen-bond acceptors (Lipinski definition) is 5. The summed E-state index contributed by atoms with van der Waals surface area (Å²) in [5.41, 5.74) is 4.28. The molecule has 0 bridgehead atoms. The summed E-state index contributed by atoms with van der Waals surface area (Å²) in [5, 5.41) is 4.23. The van der Waals surface area contributed by atoms with Crippen LogP contribution in [0.4, 0.5) is 0 Å². The normalized spacial score (nSPS) is 10.9. The van der Waals surface area contributed by atoms with Crippen molar-refractivity contribution in [2.24, 2.45) is 5.10 Å². The van der Waals surface area contributed by atoms with E-state index in [1.807, 2.05) is 24.3 Å². The summed E-state index contributed by atoms with van der Waals surface area (Å²) < 4.78 is 11.7. The summed E-state index contributed by atoms with van der Waals surface area (Å²) in [5.74, 6) is 0.241. The molecule has 1 amide bonds. The number of nitrogens with zero attached hydrogens (tertiary/aromatic N) is 1. The van der Waals surface area contributed by atoms with Gasteiger partial charge in [0.05, 0.1) is 29.8 Å². The predicted octanol–water partition coefficient (Wildman–Crippen LogP) is 5.23. The number of hydrazone groups is 1. The molecule has 0 aliphatic carbocycles. The quantitative estimate of drug-likeness (QED) is 0.280. The van der Waals surface area contributed by atoms with Crippen LogP contribution in [0.3, 0.4) is 0 Å². The molecular weight excluding hydrogens is 472 g/mol. The predicted molar refractivity (Wildman–Crippen MR) is 119 cm³/mol. The van der Waals surface area contributed by atoms with Crippen LogP contribution in [0.5, 0.6) is 0 Å². The molecule has 0 unspecified atom stereocenters. The molecule has 2 aromatic carbocycles. The average Bonchev–Trinajstić information content (AvgIpc) is 3.19. The molecule has 0 spiro atoms. The minimum absolute atomic E-state index is 0.218. The SMILES string of the molecule is CCOC(=O)c1cc(-c2ccc(/C=N\NC(=O)Cc3ccc(Br)cc3)o2)ccc1Cl. The summed E-state index contributed by atoms with van der Waals surface area (Å²) in [6, 6.07) is 15.9. The summed E-state index contributed by atoms with van der Waals surface area (Å²) >= 11 is 9.44. The van der Waals surface area contributed by atoms with Gasteiger partial charge in [-0.15, -0.1) is 0 Å². The summed E-state index contributed by atoms with van der Waals surface area (Å²) in [6.07, 6.45) is 1.63. The monoisotopic (exact) mass is 488 g/mol. The Bertz CT molecular complexity index is 1080. The van der Waals surface area contributed by atoms with Gasteiger partial charge in [0.15, 0.2) is 0 Å². The van der Waals surface area contributed by atoms with Gasteiger partial charge in [-0.25, -0.2) is 10.2 Å². The standard InChI is InChI=1S/C22H18BrClN2O4/c1-2-29-22(28)18-12-15(5-9-19(18)24)20-10-8-17(30-20)13-25-26-21(27)11-14-3-6-16(23)7-4-14/h3-10,12-13H,2,11H2,1H3,(H,26,27)/b25-13-. The third-order valence-electron chi connectivity index (χ3n) is 4.03.